The summed E-state index contributed by atoms with van der Waals surface area (Å²) in [6.07, 6.45) is 14.4. The Morgan fingerprint density at radius 3 is 2.65 bits per heavy atom. The molecule has 2 atom stereocenters. The quantitative estimate of drug-likeness (QED) is 0.378. The van der Waals surface area contributed by atoms with E-state index in [0.717, 1.165) is 11.3 Å². The van der Waals surface area contributed by atoms with E-state index in [1.54, 1.807) is 44.7 Å². The summed E-state index contributed by atoms with van der Waals surface area (Å²) in [5.41, 5.74) is 7.04. The predicted octanol–water partition coefficient (Wildman–Crippen LogP) is 2.29. The first-order chi connectivity index (χ1) is 12.6. The summed E-state index contributed by atoms with van der Waals surface area (Å²) >= 11 is 0. The fraction of sp³-hybridized carbons (Fsp3) is 0.250. The first-order valence-electron chi connectivity index (χ1n) is 8.29. The number of carbonyl (C=O) groups excluding carboxylic acids is 1. The summed E-state index contributed by atoms with van der Waals surface area (Å²) in [5.74, 6) is -0.540. The van der Waals surface area contributed by atoms with Crippen LogP contribution in [0.25, 0.3) is 0 Å². The molecule has 0 aliphatic carbocycles. The molecule has 138 valence electrons. The fourth-order valence-corrected chi connectivity index (χ4v) is 2.43. The Morgan fingerprint density at radius 2 is 2.04 bits per heavy atom. The number of carbonyl (C=O) groups is 1. The Balaban J connectivity index is 1.82. The molecule has 1 aromatic carbocycles. The second-order valence-electron chi connectivity index (χ2n) is 5.74. The van der Waals surface area contributed by atoms with Crippen LogP contribution in [0, 0.1) is 0 Å². The Bertz CT molecular complexity index is 708. The van der Waals surface area contributed by atoms with Crippen LogP contribution in [0.1, 0.15) is 18.1 Å². The highest BCUT2D eigenvalue weighted by molar-refractivity contribution is 5.88. The van der Waals surface area contributed by atoms with Crippen molar-refractivity contribution in [2.45, 2.75) is 18.3 Å². The van der Waals surface area contributed by atoms with Gasteiger partial charge in [0.2, 0.25) is 5.91 Å². The first-order valence-corrected chi connectivity index (χ1v) is 8.29. The Hall–Kier alpha value is -2.83. The molecule has 26 heavy (non-hydrogen) atoms. The molecule has 0 radical (unpaired) electrons. The summed E-state index contributed by atoms with van der Waals surface area (Å²) < 4.78 is 10.7. The second kappa shape index (κ2) is 9.60. The summed E-state index contributed by atoms with van der Waals surface area (Å²) in [7, 11) is 3.31. The van der Waals surface area contributed by atoms with Crippen molar-refractivity contribution < 1.29 is 14.3 Å². The van der Waals surface area contributed by atoms with E-state index < -0.39 is 5.79 Å². The molecule has 1 aliphatic rings. The van der Waals surface area contributed by atoms with Crippen LogP contribution in [0.2, 0.25) is 0 Å². The van der Waals surface area contributed by atoms with Crippen molar-refractivity contribution >= 4 is 5.91 Å². The molecular formula is C20H25N3O3. The highest BCUT2D eigenvalue weighted by Crippen LogP contribution is 2.23. The third-order valence-corrected chi connectivity index (χ3v) is 3.84. The molecule has 6 nitrogen and oxygen atoms in total. The monoisotopic (exact) mass is 355 g/mol. The number of dihydropyridines is 1. The van der Waals surface area contributed by atoms with Crippen molar-refractivity contribution in [3.8, 4) is 5.75 Å². The second-order valence-corrected chi connectivity index (χ2v) is 5.74. The molecule has 0 saturated carbocycles. The maximum Gasteiger partial charge on any atom is 0.247 e. The number of nitrogens with one attached hydrogen (secondary N) is 2. The van der Waals surface area contributed by atoms with Crippen molar-refractivity contribution in [1.82, 2.24) is 10.6 Å². The van der Waals surface area contributed by atoms with Crippen molar-refractivity contribution in [3.63, 3.8) is 0 Å². The van der Waals surface area contributed by atoms with Crippen LogP contribution < -0.4 is 21.1 Å². The maximum atomic E-state index is 11.9. The van der Waals surface area contributed by atoms with Gasteiger partial charge in [0.25, 0.3) is 0 Å². The Morgan fingerprint density at radius 1 is 1.27 bits per heavy atom. The van der Waals surface area contributed by atoms with Crippen LogP contribution in [0.4, 0.5) is 0 Å². The molecule has 0 bridgehead atoms. The van der Waals surface area contributed by atoms with Crippen molar-refractivity contribution in [2.75, 3.05) is 14.2 Å². The van der Waals surface area contributed by atoms with Gasteiger partial charge in [-0.1, -0.05) is 36.4 Å². The van der Waals surface area contributed by atoms with Crippen LogP contribution in [0.3, 0.4) is 0 Å². The number of ether oxygens (including phenoxy) is 2. The highest BCUT2D eigenvalue weighted by Gasteiger charge is 2.21. The van der Waals surface area contributed by atoms with Gasteiger partial charge in [-0.15, -0.1) is 0 Å². The van der Waals surface area contributed by atoms with Gasteiger partial charge in [0.05, 0.1) is 13.2 Å². The number of amides is 1. The van der Waals surface area contributed by atoms with Crippen molar-refractivity contribution in [3.05, 3.63) is 78.6 Å². The largest absolute Gasteiger partial charge is 0.497 e. The van der Waals surface area contributed by atoms with E-state index in [-0.39, 0.29) is 12.0 Å². The summed E-state index contributed by atoms with van der Waals surface area (Å²) in [5, 5.41) is 5.55. The minimum absolute atomic E-state index is 0.0601. The molecule has 1 amide bonds. The van der Waals surface area contributed by atoms with E-state index in [1.165, 1.54) is 6.08 Å². The average Bonchev–Trinajstić information content (AvgIpc) is 2.65. The lowest BCUT2D eigenvalue weighted by molar-refractivity contribution is -0.118. The Kier molecular flexibility index (Phi) is 7.20. The van der Waals surface area contributed by atoms with E-state index in [2.05, 4.69) is 10.6 Å². The number of hydrogen-bond donors (Lipinski definition) is 3. The topological polar surface area (TPSA) is 85.6 Å². The lowest BCUT2D eigenvalue weighted by atomic mass is 10.1. The lowest BCUT2D eigenvalue weighted by Crippen LogP contribution is -2.63. The summed E-state index contributed by atoms with van der Waals surface area (Å²) in [4.78, 5) is 11.9. The van der Waals surface area contributed by atoms with Crippen LogP contribution in [0.15, 0.2) is 73.0 Å². The fourth-order valence-electron chi connectivity index (χ4n) is 2.43. The molecule has 1 heterocycles. The number of rotatable bonds is 8. The van der Waals surface area contributed by atoms with Gasteiger partial charge >= 0.3 is 0 Å². The average molecular weight is 355 g/mol. The van der Waals surface area contributed by atoms with E-state index in [1.807, 2.05) is 36.4 Å². The van der Waals surface area contributed by atoms with Gasteiger partial charge in [-0.3, -0.25) is 10.5 Å². The third-order valence-electron chi connectivity index (χ3n) is 3.84. The highest BCUT2D eigenvalue weighted by atomic mass is 16.5. The molecule has 6 heteroatoms. The van der Waals surface area contributed by atoms with Crippen LogP contribution >= 0.6 is 0 Å². The van der Waals surface area contributed by atoms with E-state index >= 15 is 0 Å². The first kappa shape index (κ1) is 19.5. The van der Waals surface area contributed by atoms with E-state index in [0.29, 0.717) is 6.42 Å². The van der Waals surface area contributed by atoms with Crippen LogP contribution in [-0.4, -0.2) is 25.9 Å². The van der Waals surface area contributed by atoms with Gasteiger partial charge in [0, 0.05) is 13.2 Å². The van der Waals surface area contributed by atoms with E-state index in [9.17, 15) is 4.79 Å². The molecule has 1 aliphatic heterocycles. The smallest absolute Gasteiger partial charge is 0.247 e. The SMILES string of the molecule is COc1ccc(C(C/C=C/C=C/C(=O)NC2(N)C=CC=CN2)OC)cc1. The zero-order chi connectivity index (χ0) is 18.8. The molecular weight excluding hydrogens is 330 g/mol. The molecule has 0 aromatic heterocycles. The zero-order valence-electron chi connectivity index (χ0n) is 15.0. The van der Waals surface area contributed by atoms with Gasteiger partial charge in [0.1, 0.15) is 5.75 Å². The minimum atomic E-state index is -1.06. The van der Waals surface area contributed by atoms with Crippen molar-refractivity contribution in [1.29, 1.82) is 0 Å². The molecule has 2 rings (SSSR count). The van der Waals surface area contributed by atoms with Crippen LogP contribution in [-0.2, 0) is 9.53 Å². The van der Waals surface area contributed by atoms with Gasteiger partial charge < -0.3 is 20.1 Å². The van der Waals surface area contributed by atoms with E-state index in [4.69, 9.17) is 15.2 Å². The molecule has 1 aromatic rings. The zero-order valence-corrected chi connectivity index (χ0v) is 15.0. The number of methoxy groups -OCH3 is 2. The number of nitrogens with two attached hydrogens (primary N) is 1. The molecule has 0 saturated heterocycles. The molecule has 0 fully saturated rings. The summed E-state index contributed by atoms with van der Waals surface area (Å²) in [6, 6.07) is 7.76. The Labute approximate surface area is 154 Å². The number of allylic oxidation sites excluding steroid dienone is 4. The van der Waals surface area contributed by atoms with Crippen molar-refractivity contribution in [2.24, 2.45) is 5.73 Å². The normalized spacial score (nSPS) is 20.3. The lowest BCUT2D eigenvalue weighted by Gasteiger charge is -2.28. The molecule has 0 spiro atoms. The van der Waals surface area contributed by atoms with Gasteiger partial charge in [-0.25, -0.2) is 0 Å². The minimum Gasteiger partial charge on any atom is -0.497 e. The third kappa shape index (κ3) is 5.91. The van der Waals surface area contributed by atoms with Crippen LogP contribution in [0.5, 0.6) is 5.75 Å². The number of benzene rings is 1. The van der Waals surface area contributed by atoms with Gasteiger partial charge in [0.15, 0.2) is 5.79 Å². The molecule has 2 unspecified atom stereocenters. The number of hydrogen-bond acceptors (Lipinski definition) is 5. The molecule has 4 N–H and O–H groups in total. The standard InChI is InChI=1S/C20H25N3O3/c1-25-17-12-10-16(11-13-17)18(26-2)8-4-3-5-9-19(24)23-20(21)14-6-7-15-22-20/h3-7,9-15,18,22H,8,21H2,1-2H3,(H,23,24)/b4-3+,9-5+. The van der Waals surface area contributed by atoms with Gasteiger partial charge in [-0.2, -0.15) is 0 Å². The summed E-state index contributed by atoms with van der Waals surface area (Å²) in [6.45, 7) is 0. The maximum absolute atomic E-state index is 11.9. The predicted molar refractivity (Wildman–Crippen MR) is 102 cm³/mol. The van der Waals surface area contributed by atoms with Gasteiger partial charge in [-0.05, 0) is 42.5 Å².